The molecule has 1 aliphatic carbocycles. The number of carbonyl (C=O) groups excluding carboxylic acids is 1. The van der Waals surface area contributed by atoms with Crippen molar-refractivity contribution in [2.24, 2.45) is 7.05 Å². The van der Waals surface area contributed by atoms with Crippen molar-refractivity contribution in [2.45, 2.75) is 36.6 Å². The molecule has 2 aromatic heterocycles. The van der Waals surface area contributed by atoms with E-state index in [-0.39, 0.29) is 21.7 Å². The number of nitrogens with zero attached hydrogens (tertiary/aromatic N) is 4. The Morgan fingerprint density at radius 2 is 1.89 bits per heavy atom. The number of amides is 1. The smallest absolute Gasteiger partial charge is 0.274 e. The molecule has 0 unspecified atom stereocenters. The lowest BCUT2D eigenvalue weighted by Gasteiger charge is -2.09. The number of sulfonamides is 1. The molecule has 0 saturated heterocycles. The van der Waals surface area contributed by atoms with Gasteiger partial charge in [0.1, 0.15) is 16.4 Å². The van der Waals surface area contributed by atoms with E-state index in [9.17, 15) is 17.6 Å². The summed E-state index contributed by atoms with van der Waals surface area (Å²) in [4.78, 5) is 13.0. The Bertz CT molecular complexity index is 1540. The lowest BCUT2D eigenvalue weighted by molar-refractivity contribution is 0.101. The predicted octanol–water partition coefficient (Wildman–Crippen LogP) is 4.73. The minimum Gasteiger partial charge on any atom is -0.321 e. The molecular formula is C23H22ClFN6O3S. The van der Waals surface area contributed by atoms with E-state index in [1.54, 1.807) is 36.1 Å². The first kappa shape index (κ1) is 23.3. The Labute approximate surface area is 205 Å². The van der Waals surface area contributed by atoms with E-state index >= 15 is 0 Å². The molecule has 0 aliphatic heterocycles. The average molecular weight is 517 g/mol. The SMILES string of the molecule is Cn1nc2cc(NS(=O)(=O)c3cnn(C4CCCC4)c3)ccc2c1C(=O)Nc1ccc(F)c(Cl)c1. The highest BCUT2D eigenvalue weighted by Crippen LogP contribution is 2.30. The van der Waals surface area contributed by atoms with E-state index in [1.165, 1.54) is 23.0 Å². The Kier molecular flexibility index (Phi) is 5.97. The third-order valence-corrected chi connectivity index (χ3v) is 7.69. The van der Waals surface area contributed by atoms with Crippen LogP contribution in [0.15, 0.2) is 53.7 Å². The molecule has 1 amide bonds. The van der Waals surface area contributed by atoms with Gasteiger partial charge in [0.15, 0.2) is 0 Å². The topological polar surface area (TPSA) is 111 Å². The van der Waals surface area contributed by atoms with Crippen LogP contribution in [0.4, 0.5) is 15.8 Å². The fourth-order valence-electron chi connectivity index (χ4n) is 4.34. The number of aromatic nitrogens is 4. The zero-order valence-corrected chi connectivity index (χ0v) is 20.3. The van der Waals surface area contributed by atoms with Crippen LogP contribution in [-0.4, -0.2) is 33.9 Å². The minimum absolute atomic E-state index is 0.0866. The number of hydrogen-bond donors (Lipinski definition) is 2. The van der Waals surface area contributed by atoms with E-state index in [0.717, 1.165) is 31.7 Å². The maximum atomic E-state index is 13.4. The number of nitrogens with one attached hydrogen (secondary N) is 2. The first-order valence-electron chi connectivity index (χ1n) is 11.0. The van der Waals surface area contributed by atoms with Crippen molar-refractivity contribution in [3.63, 3.8) is 0 Å². The molecule has 35 heavy (non-hydrogen) atoms. The fourth-order valence-corrected chi connectivity index (χ4v) is 5.51. The summed E-state index contributed by atoms with van der Waals surface area (Å²) < 4.78 is 44.9. The van der Waals surface area contributed by atoms with E-state index in [0.29, 0.717) is 22.3 Å². The van der Waals surface area contributed by atoms with Crippen LogP contribution in [0.2, 0.25) is 5.02 Å². The zero-order chi connectivity index (χ0) is 24.7. The van der Waals surface area contributed by atoms with Crippen LogP contribution in [0, 0.1) is 5.82 Å². The molecule has 0 atom stereocenters. The van der Waals surface area contributed by atoms with Gasteiger partial charge in [0.2, 0.25) is 0 Å². The number of anilines is 2. The van der Waals surface area contributed by atoms with Gasteiger partial charge in [0.05, 0.1) is 28.5 Å². The number of hydrogen-bond acceptors (Lipinski definition) is 5. The van der Waals surface area contributed by atoms with Crippen LogP contribution in [-0.2, 0) is 17.1 Å². The van der Waals surface area contributed by atoms with Gasteiger partial charge in [-0.05, 0) is 49.2 Å². The van der Waals surface area contributed by atoms with Crippen molar-refractivity contribution in [1.29, 1.82) is 0 Å². The molecule has 1 saturated carbocycles. The number of carbonyl (C=O) groups is 1. The summed E-state index contributed by atoms with van der Waals surface area (Å²) in [5.74, 6) is -1.05. The summed E-state index contributed by atoms with van der Waals surface area (Å²) in [6.07, 6.45) is 7.13. The summed E-state index contributed by atoms with van der Waals surface area (Å²) in [6.45, 7) is 0. The van der Waals surface area contributed by atoms with Crippen LogP contribution in [0.5, 0.6) is 0 Å². The Balaban J connectivity index is 1.37. The lowest BCUT2D eigenvalue weighted by atomic mass is 10.2. The number of halogens is 2. The summed E-state index contributed by atoms with van der Waals surface area (Å²) in [6, 6.07) is 8.85. The third-order valence-electron chi connectivity index (χ3n) is 6.07. The fraction of sp³-hybridized carbons (Fsp3) is 0.261. The number of aryl methyl sites for hydroxylation is 1. The lowest BCUT2D eigenvalue weighted by Crippen LogP contribution is -2.16. The summed E-state index contributed by atoms with van der Waals surface area (Å²) >= 11 is 5.79. The van der Waals surface area contributed by atoms with Gasteiger partial charge in [-0.2, -0.15) is 10.2 Å². The Morgan fingerprint density at radius 1 is 1.14 bits per heavy atom. The summed E-state index contributed by atoms with van der Waals surface area (Å²) in [7, 11) is -2.24. The predicted molar refractivity (Wildman–Crippen MR) is 131 cm³/mol. The van der Waals surface area contributed by atoms with E-state index < -0.39 is 21.7 Å². The van der Waals surface area contributed by atoms with Gasteiger partial charge in [-0.1, -0.05) is 24.4 Å². The molecule has 182 valence electrons. The molecule has 0 spiro atoms. The highest BCUT2D eigenvalue weighted by molar-refractivity contribution is 7.92. The average Bonchev–Trinajstić information content (AvgIpc) is 3.54. The van der Waals surface area contributed by atoms with Gasteiger partial charge < -0.3 is 5.32 Å². The van der Waals surface area contributed by atoms with Crippen molar-refractivity contribution in [2.75, 3.05) is 10.0 Å². The zero-order valence-electron chi connectivity index (χ0n) is 18.7. The van der Waals surface area contributed by atoms with E-state index in [4.69, 9.17) is 11.6 Å². The molecule has 2 N–H and O–H groups in total. The Hall–Kier alpha value is -3.44. The molecule has 5 rings (SSSR count). The van der Waals surface area contributed by atoms with Gasteiger partial charge in [-0.25, -0.2) is 12.8 Å². The molecule has 4 aromatic rings. The second-order valence-corrected chi connectivity index (χ2v) is 10.6. The standard InChI is InChI=1S/C23H22ClFN6O3S/c1-30-22(23(32)27-14-7-9-20(25)19(24)10-14)18-8-6-15(11-21(18)28-30)29-35(33,34)17-12-26-31(13-17)16-4-2-3-5-16/h6-13,16,29H,2-5H2,1H3,(H,27,32). The highest BCUT2D eigenvalue weighted by atomic mass is 35.5. The minimum atomic E-state index is -3.85. The molecule has 1 fully saturated rings. The molecule has 9 nitrogen and oxygen atoms in total. The molecule has 12 heteroatoms. The normalized spacial score (nSPS) is 14.5. The van der Waals surface area contributed by atoms with Crippen molar-refractivity contribution < 1.29 is 17.6 Å². The van der Waals surface area contributed by atoms with Crippen LogP contribution < -0.4 is 10.0 Å². The molecule has 2 aromatic carbocycles. The quantitative estimate of drug-likeness (QED) is 0.385. The van der Waals surface area contributed by atoms with Crippen LogP contribution in [0.25, 0.3) is 10.9 Å². The van der Waals surface area contributed by atoms with Gasteiger partial charge >= 0.3 is 0 Å². The van der Waals surface area contributed by atoms with Crippen LogP contribution in [0.3, 0.4) is 0 Å². The largest absolute Gasteiger partial charge is 0.321 e. The molecule has 0 radical (unpaired) electrons. The highest BCUT2D eigenvalue weighted by Gasteiger charge is 2.23. The van der Waals surface area contributed by atoms with Crippen LogP contribution >= 0.6 is 11.6 Å². The summed E-state index contributed by atoms with van der Waals surface area (Å²) in [5.41, 5.74) is 1.32. The van der Waals surface area contributed by atoms with E-state index in [2.05, 4.69) is 20.2 Å². The van der Waals surface area contributed by atoms with Crippen molar-refractivity contribution in [3.05, 3.63) is 65.3 Å². The summed E-state index contributed by atoms with van der Waals surface area (Å²) in [5, 5.41) is 11.7. The van der Waals surface area contributed by atoms with Crippen molar-refractivity contribution in [3.8, 4) is 0 Å². The van der Waals surface area contributed by atoms with Crippen molar-refractivity contribution in [1.82, 2.24) is 19.6 Å². The van der Waals surface area contributed by atoms with Gasteiger partial charge in [-0.15, -0.1) is 0 Å². The number of benzene rings is 2. The maximum absolute atomic E-state index is 13.4. The van der Waals surface area contributed by atoms with Crippen molar-refractivity contribution >= 4 is 49.8 Å². The third kappa shape index (κ3) is 4.61. The molecule has 0 bridgehead atoms. The number of fused-ring (bicyclic) bond motifs is 1. The van der Waals surface area contributed by atoms with Gasteiger partial charge in [-0.3, -0.25) is 18.9 Å². The maximum Gasteiger partial charge on any atom is 0.274 e. The van der Waals surface area contributed by atoms with Crippen LogP contribution in [0.1, 0.15) is 42.2 Å². The monoisotopic (exact) mass is 516 g/mol. The van der Waals surface area contributed by atoms with E-state index in [1.807, 2.05) is 0 Å². The second-order valence-electron chi connectivity index (χ2n) is 8.49. The molecular weight excluding hydrogens is 495 g/mol. The molecule has 2 heterocycles. The first-order valence-corrected chi connectivity index (χ1v) is 12.9. The van der Waals surface area contributed by atoms with Gasteiger partial charge in [0, 0.05) is 24.3 Å². The van der Waals surface area contributed by atoms with Gasteiger partial charge in [0.25, 0.3) is 15.9 Å². The second kappa shape index (κ2) is 8.97. The number of rotatable bonds is 6. The Morgan fingerprint density at radius 3 is 2.63 bits per heavy atom. The molecule has 1 aliphatic rings. The first-order chi connectivity index (χ1) is 16.7.